The van der Waals surface area contributed by atoms with Crippen LogP contribution in [0, 0.1) is 5.92 Å². The summed E-state index contributed by atoms with van der Waals surface area (Å²) in [6, 6.07) is 0. The third-order valence-corrected chi connectivity index (χ3v) is 2.75. The van der Waals surface area contributed by atoms with Crippen molar-refractivity contribution in [3.05, 3.63) is 18.4 Å². The van der Waals surface area contributed by atoms with Gasteiger partial charge < -0.3 is 4.42 Å². The van der Waals surface area contributed by atoms with Gasteiger partial charge in [0.25, 0.3) is 0 Å². The Kier molecular flexibility index (Phi) is 1.31. The Morgan fingerprint density at radius 1 is 1.55 bits per heavy atom. The lowest BCUT2D eigenvalue weighted by atomic mass is 9.92. The number of hydrogen-bond donors (Lipinski definition) is 0. The topological polar surface area (TPSA) is 26.0 Å². The fourth-order valence-corrected chi connectivity index (χ4v) is 1.64. The van der Waals surface area contributed by atoms with Crippen molar-refractivity contribution in [2.24, 2.45) is 5.92 Å². The molecule has 0 radical (unpaired) electrons. The molecular formula is C9H13NO. The van der Waals surface area contributed by atoms with Gasteiger partial charge in [-0.3, -0.25) is 0 Å². The Morgan fingerprint density at radius 2 is 2.27 bits per heavy atom. The largest absolute Gasteiger partial charge is 0.448 e. The second kappa shape index (κ2) is 2.10. The summed E-state index contributed by atoms with van der Waals surface area (Å²) in [7, 11) is 0. The SMILES string of the molecule is CC(C)C1(c2ncco2)CC1. The van der Waals surface area contributed by atoms with Gasteiger partial charge in [0, 0.05) is 5.41 Å². The van der Waals surface area contributed by atoms with Crippen LogP contribution in [0.15, 0.2) is 16.9 Å². The van der Waals surface area contributed by atoms with Crippen molar-refractivity contribution in [3.8, 4) is 0 Å². The predicted octanol–water partition coefficient (Wildman–Crippen LogP) is 2.36. The van der Waals surface area contributed by atoms with E-state index in [4.69, 9.17) is 4.42 Å². The Balaban J connectivity index is 2.29. The molecule has 0 spiro atoms. The second-order valence-electron chi connectivity index (χ2n) is 3.65. The molecule has 0 unspecified atom stereocenters. The first-order valence-electron chi connectivity index (χ1n) is 4.16. The lowest BCUT2D eigenvalue weighted by Crippen LogP contribution is -2.14. The van der Waals surface area contributed by atoms with Gasteiger partial charge in [-0.15, -0.1) is 0 Å². The number of oxazole rings is 1. The van der Waals surface area contributed by atoms with Gasteiger partial charge in [-0.05, 0) is 18.8 Å². The van der Waals surface area contributed by atoms with Gasteiger partial charge in [0.05, 0.1) is 6.20 Å². The molecule has 0 saturated heterocycles. The first kappa shape index (κ1) is 6.89. The Hall–Kier alpha value is -0.790. The van der Waals surface area contributed by atoms with Crippen molar-refractivity contribution in [2.75, 3.05) is 0 Å². The van der Waals surface area contributed by atoms with E-state index < -0.39 is 0 Å². The second-order valence-corrected chi connectivity index (χ2v) is 3.65. The van der Waals surface area contributed by atoms with Crippen LogP contribution in [0.25, 0.3) is 0 Å². The van der Waals surface area contributed by atoms with Crippen LogP contribution in [0.3, 0.4) is 0 Å². The molecule has 1 heterocycles. The Labute approximate surface area is 66.6 Å². The number of aromatic nitrogens is 1. The molecule has 0 aliphatic heterocycles. The van der Waals surface area contributed by atoms with Crippen LogP contribution in [-0.2, 0) is 5.41 Å². The zero-order valence-electron chi connectivity index (χ0n) is 7.00. The van der Waals surface area contributed by atoms with Gasteiger partial charge in [-0.25, -0.2) is 4.98 Å². The first-order valence-corrected chi connectivity index (χ1v) is 4.16. The molecular weight excluding hydrogens is 138 g/mol. The summed E-state index contributed by atoms with van der Waals surface area (Å²) in [5.74, 6) is 1.59. The van der Waals surface area contributed by atoms with Gasteiger partial charge in [0.1, 0.15) is 6.26 Å². The minimum Gasteiger partial charge on any atom is -0.448 e. The zero-order chi connectivity index (χ0) is 7.90. The first-order chi connectivity index (χ1) is 5.26. The molecule has 1 fully saturated rings. The molecule has 2 heteroatoms. The van der Waals surface area contributed by atoms with Crippen LogP contribution in [0.2, 0.25) is 0 Å². The van der Waals surface area contributed by atoms with E-state index in [2.05, 4.69) is 18.8 Å². The molecule has 60 valence electrons. The monoisotopic (exact) mass is 151 g/mol. The highest BCUT2D eigenvalue weighted by atomic mass is 16.3. The molecule has 1 aliphatic carbocycles. The van der Waals surface area contributed by atoms with Crippen molar-refractivity contribution in [1.82, 2.24) is 4.98 Å². The van der Waals surface area contributed by atoms with Gasteiger partial charge in [0.2, 0.25) is 0 Å². The summed E-state index contributed by atoms with van der Waals surface area (Å²) >= 11 is 0. The van der Waals surface area contributed by atoms with Crippen LogP contribution in [0.4, 0.5) is 0 Å². The van der Waals surface area contributed by atoms with Crippen LogP contribution in [-0.4, -0.2) is 4.98 Å². The normalized spacial score (nSPS) is 20.6. The Bertz CT molecular complexity index is 234. The maximum Gasteiger partial charge on any atom is 0.200 e. The molecule has 0 bridgehead atoms. The van der Waals surface area contributed by atoms with E-state index in [1.807, 2.05) is 0 Å². The molecule has 1 aromatic heterocycles. The third kappa shape index (κ3) is 0.889. The highest BCUT2D eigenvalue weighted by Gasteiger charge is 2.50. The number of hydrogen-bond acceptors (Lipinski definition) is 2. The van der Waals surface area contributed by atoms with Crippen LogP contribution in [0.1, 0.15) is 32.6 Å². The Morgan fingerprint density at radius 3 is 2.64 bits per heavy atom. The fraction of sp³-hybridized carbons (Fsp3) is 0.667. The van der Waals surface area contributed by atoms with Crippen LogP contribution >= 0.6 is 0 Å². The van der Waals surface area contributed by atoms with Gasteiger partial charge in [0.15, 0.2) is 5.89 Å². The molecule has 1 aliphatic rings. The van der Waals surface area contributed by atoms with E-state index in [1.54, 1.807) is 12.5 Å². The number of nitrogens with zero attached hydrogens (tertiary/aromatic N) is 1. The number of rotatable bonds is 2. The standard InChI is InChI=1S/C9H13NO/c1-7(2)9(3-4-9)8-10-5-6-11-8/h5-7H,3-4H2,1-2H3. The molecule has 11 heavy (non-hydrogen) atoms. The fourth-order valence-electron chi connectivity index (χ4n) is 1.64. The maximum atomic E-state index is 5.31. The molecule has 0 N–H and O–H groups in total. The summed E-state index contributed by atoms with van der Waals surface area (Å²) < 4.78 is 5.31. The van der Waals surface area contributed by atoms with E-state index >= 15 is 0 Å². The minimum absolute atomic E-state index is 0.295. The lowest BCUT2D eigenvalue weighted by Gasteiger charge is -2.14. The summed E-state index contributed by atoms with van der Waals surface area (Å²) in [5, 5.41) is 0. The molecule has 0 atom stereocenters. The summed E-state index contributed by atoms with van der Waals surface area (Å²) in [4.78, 5) is 4.20. The van der Waals surface area contributed by atoms with E-state index in [-0.39, 0.29) is 0 Å². The van der Waals surface area contributed by atoms with E-state index in [1.165, 1.54) is 12.8 Å². The molecule has 0 aromatic carbocycles. The zero-order valence-corrected chi connectivity index (χ0v) is 7.00. The van der Waals surface area contributed by atoms with Crippen molar-refractivity contribution < 1.29 is 4.42 Å². The predicted molar refractivity (Wildman–Crippen MR) is 42.3 cm³/mol. The molecule has 0 amide bonds. The summed E-state index contributed by atoms with van der Waals surface area (Å²) in [6.07, 6.45) is 5.88. The van der Waals surface area contributed by atoms with Crippen LogP contribution in [0.5, 0.6) is 0 Å². The highest BCUT2D eigenvalue weighted by molar-refractivity contribution is 5.16. The van der Waals surface area contributed by atoms with Gasteiger partial charge in [-0.1, -0.05) is 13.8 Å². The summed E-state index contributed by atoms with van der Waals surface area (Å²) in [5.41, 5.74) is 0.295. The van der Waals surface area contributed by atoms with E-state index in [0.717, 1.165) is 5.89 Å². The van der Waals surface area contributed by atoms with Crippen molar-refractivity contribution >= 4 is 0 Å². The molecule has 1 saturated carbocycles. The van der Waals surface area contributed by atoms with Crippen LogP contribution < -0.4 is 0 Å². The smallest absolute Gasteiger partial charge is 0.200 e. The van der Waals surface area contributed by atoms with E-state index in [9.17, 15) is 0 Å². The molecule has 1 aromatic rings. The van der Waals surface area contributed by atoms with Crippen molar-refractivity contribution in [2.45, 2.75) is 32.1 Å². The minimum atomic E-state index is 0.295. The van der Waals surface area contributed by atoms with Gasteiger partial charge in [-0.2, -0.15) is 0 Å². The van der Waals surface area contributed by atoms with E-state index in [0.29, 0.717) is 11.3 Å². The molecule has 2 nitrogen and oxygen atoms in total. The third-order valence-electron chi connectivity index (χ3n) is 2.75. The highest BCUT2D eigenvalue weighted by Crippen LogP contribution is 2.52. The lowest BCUT2D eigenvalue weighted by molar-refractivity contribution is 0.364. The molecule has 2 rings (SSSR count). The van der Waals surface area contributed by atoms with Crippen molar-refractivity contribution in [1.29, 1.82) is 0 Å². The average Bonchev–Trinajstić information content (AvgIpc) is 2.61. The quantitative estimate of drug-likeness (QED) is 0.648. The van der Waals surface area contributed by atoms with Crippen molar-refractivity contribution in [3.63, 3.8) is 0 Å². The van der Waals surface area contributed by atoms with Gasteiger partial charge >= 0.3 is 0 Å². The summed E-state index contributed by atoms with van der Waals surface area (Å²) in [6.45, 7) is 4.47. The maximum absolute atomic E-state index is 5.31. The average molecular weight is 151 g/mol.